The Kier molecular flexibility index (Phi) is 8.03. The van der Waals surface area contributed by atoms with Crippen molar-refractivity contribution in [3.63, 3.8) is 0 Å². The molecular formula is C24H31N3O3S2. The van der Waals surface area contributed by atoms with Gasteiger partial charge in [-0.1, -0.05) is 42.0 Å². The largest absolute Gasteiger partial charge is 0.309 e. The van der Waals surface area contributed by atoms with Crippen molar-refractivity contribution in [2.75, 3.05) is 37.8 Å². The van der Waals surface area contributed by atoms with Crippen molar-refractivity contribution < 1.29 is 13.2 Å². The second-order valence-electron chi connectivity index (χ2n) is 8.24. The Morgan fingerprint density at radius 3 is 2.44 bits per heavy atom. The molecule has 0 saturated carbocycles. The average Bonchev–Trinajstić information content (AvgIpc) is 3.18. The molecule has 0 aliphatic rings. The molecule has 0 unspecified atom stereocenters. The second kappa shape index (κ2) is 10.6. The van der Waals surface area contributed by atoms with Crippen LogP contribution in [-0.4, -0.2) is 57.1 Å². The molecule has 0 atom stereocenters. The van der Waals surface area contributed by atoms with Crippen LogP contribution < -0.4 is 4.90 Å². The van der Waals surface area contributed by atoms with Gasteiger partial charge in [-0.05, 0) is 70.2 Å². The molecule has 1 amide bonds. The number of aromatic nitrogens is 1. The minimum absolute atomic E-state index is 0.0751. The number of sulfone groups is 1. The summed E-state index contributed by atoms with van der Waals surface area (Å²) in [6.45, 7) is 5.35. The maximum absolute atomic E-state index is 13.2. The van der Waals surface area contributed by atoms with Crippen molar-refractivity contribution in [2.24, 2.45) is 0 Å². The Bertz CT molecular complexity index is 1170. The highest BCUT2D eigenvalue weighted by Gasteiger charge is 2.23. The Morgan fingerprint density at radius 2 is 1.78 bits per heavy atom. The Balaban J connectivity index is 1.80. The number of carbonyl (C=O) groups excluding carboxylic acids is 1. The van der Waals surface area contributed by atoms with Gasteiger partial charge in [-0.15, -0.1) is 0 Å². The van der Waals surface area contributed by atoms with Gasteiger partial charge >= 0.3 is 0 Å². The molecule has 3 aromatic rings. The number of hydrogen-bond donors (Lipinski definition) is 0. The number of anilines is 1. The summed E-state index contributed by atoms with van der Waals surface area (Å²) >= 11 is 1.48. The SMILES string of the molecule is CCc1ccc2nc(N(CCCN(C)C)C(=O)CCS(=O)(=O)c3ccc(C)cc3)sc2c1. The Labute approximate surface area is 194 Å². The molecule has 1 heterocycles. The molecule has 0 N–H and O–H groups in total. The van der Waals surface area contributed by atoms with Crippen molar-refractivity contribution in [3.05, 3.63) is 53.6 Å². The summed E-state index contributed by atoms with van der Waals surface area (Å²) in [6, 6.07) is 12.9. The first-order chi connectivity index (χ1) is 15.2. The number of aryl methyl sites for hydroxylation is 2. The number of carbonyl (C=O) groups is 1. The van der Waals surface area contributed by atoms with Gasteiger partial charge in [0.2, 0.25) is 5.91 Å². The van der Waals surface area contributed by atoms with Gasteiger partial charge in [0, 0.05) is 13.0 Å². The van der Waals surface area contributed by atoms with Gasteiger partial charge in [0.15, 0.2) is 15.0 Å². The molecule has 0 aliphatic carbocycles. The molecule has 1 aromatic heterocycles. The normalized spacial score (nSPS) is 11.9. The highest BCUT2D eigenvalue weighted by Crippen LogP contribution is 2.30. The van der Waals surface area contributed by atoms with Crippen LogP contribution in [0.2, 0.25) is 0 Å². The number of hydrogen-bond acceptors (Lipinski definition) is 6. The highest BCUT2D eigenvalue weighted by molar-refractivity contribution is 7.91. The number of nitrogens with zero attached hydrogens (tertiary/aromatic N) is 3. The Morgan fingerprint density at radius 1 is 1.06 bits per heavy atom. The summed E-state index contributed by atoms with van der Waals surface area (Å²) < 4.78 is 26.5. The third kappa shape index (κ3) is 6.15. The lowest BCUT2D eigenvalue weighted by Gasteiger charge is -2.21. The lowest BCUT2D eigenvalue weighted by atomic mass is 10.2. The summed E-state index contributed by atoms with van der Waals surface area (Å²) in [6.07, 6.45) is 1.64. The van der Waals surface area contributed by atoms with E-state index in [0.29, 0.717) is 11.7 Å². The third-order valence-electron chi connectivity index (χ3n) is 5.33. The van der Waals surface area contributed by atoms with E-state index in [2.05, 4.69) is 28.9 Å². The molecule has 172 valence electrons. The van der Waals surface area contributed by atoms with Crippen LogP contribution in [0.5, 0.6) is 0 Å². The first-order valence-electron chi connectivity index (χ1n) is 10.8. The van der Waals surface area contributed by atoms with Crippen LogP contribution in [0.15, 0.2) is 47.4 Å². The molecule has 32 heavy (non-hydrogen) atoms. The molecule has 0 radical (unpaired) electrons. The molecule has 3 rings (SSSR count). The summed E-state index contributed by atoms with van der Waals surface area (Å²) in [5.74, 6) is -0.432. The second-order valence-corrected chi connectivity index (χ2v) is 11.4. The third-order valence-corrected chi connectivity index (χ3v) is 8.11. The van der Waals surface area contributed by atoms with Crippen LogP contribution >= 0.6 is 11.3 Å². The van der Waals surface area contributed by atoms with Gasteiger partial charge in [-0.3, -0.25) is 9.69 Å². The van der Waals surface area contributed by atoms with E-state index in [4.69, 9.17) is 0 Å². The summed E-state index contributed by atoms with van der Waals surface area (Å²) in [4.78, 5) is 21.8. The van der Waals surface area contributed by atoms with Crippen molar-refractivity contribution >= 4 is 42.4 Å². The molecule has 0 spiro atoms. The van der Waals surface area contributed by atoms with Crippen LogP contribution in [0, 0.1) is 6.92 Å². The minimum Gasteiger partial charge on any atom is -0.309 e. The molecule has 0 bridgehead atoms. The zero-order valence-electron chi connectivity index (χ0n) is 19.2. The fraction of sp³-hybridized carbons (Fsp3) is 0.417. The summed E-state index contributed by atoms with van der Waals surface area (Å²) in [5.41, 5.74) is 3.08. The van der Waals surface area contributed by atoms with Crippen LogP contribution in [0.3, 0.4) is 0 Å². The number of benzene rings is 2. The molecule has 0 saturated heterocycles. The van der Waals surface area contributed by atoms with Gasteiger partial charge in [-0.25, -0.2) is 13.4 Å². The maximum atomic E-state index is 13.2. The van der Waals surface area contributed by atoms with Crippen molar-refractivity contribution in [1.82, 2.24) is 9.88 Å². The number of fused-ring (bicyclic) bond motifs is 1. The van der Waals surface area contributed by atoms with E-state index in [1.807, 2.05) is 27.1 Å². The smallest absolute Gasteiger partial charge is 0.229 e. The molecule has 2 aromatic carbocycles. The minimum atomic E-state index is -3.53. The van der Waals surface area contributed by atoms with Gasteiger partial charge in [0.1, 0.15) is 0 Å². The topological polar surface area (TPSA) is 70.6 Å². The maximum Gasteiger partial charge on any atom is 0.229 e. The lowest BCUT2D eigenvalue weighted by molar-refractivity contribution is -0.118. The van der Waals surface area contributed by atoms with Gasteiger partial charge in [0.05, 0.1) is 20.9 Å². The van der Waals surface area contributed by atoms with Gasteiger partial charge < -0.3 is 4.90 Å². The lowest BCUT2D eigenvalue weighted by Crippen LogP contribution is -2.34. The van der Waals surface area contributed by atoms with Crippen molar-refractivity contribution in [3.8, 4) is 0 Å². The fourth-order valence-corrected chi connectivity index (χ4v) is 5.69. The van der Waals surface area contributed by atoms with E-state index in [0.717, 1.165) is 35.2 Å². The van der Waals surface area contributed by atoms with Crippen LogP contribution in [0.25, 0.3) is 10.2 Å². The zero-order chi connectivity index (χ0) is 23.3. The van der Waals surface area contributed by atoms with Crippen LogP contribution in [-0.2, 0) is 21.1 Å². The molecule has 0 aliphatic heterocycles. The fourth-order valence-electron chi connectivity index (χ4n) is 3.38. The van der Waals surface area contributed by atoms with Crippen LogP contribution in [0.1, 0.15) is 30.9 Å². The van der Waals surface area contributed by atoms with Crippen molar-refractivity contribution in [1.29, 1.82) is 0 Å². The summed E-state index contributed by atoms with van der Waals surface area (Å²) in [7, 11) is 0.453. The molecular weight excluding hydrogens is 442 g/mol. The quantitative estimate of drug-likeness (QED) is 0.439. The first-order valence-corrected chi connectivity index (χ1v) is 13.3. The average molecular weight is 474 g/mol. The van der Waals surface area contributed by atoms with Gasteiger partial charge in [-0.2, -0.15) is 0 Å². The standard InChI is InChI=1S/C24H31N3O3S2/c1-5-19-9-12-21-22(17-19)31-24(25-21)27(15-6-14-26(3)4)23(28)13-16-32(29,30)20-10-7-18(2)8-11-20/h7-12,17H,5-6,13-16H2,1-4H3. The predicted molar refractivity (Wildman–Crippen MR) is 132 cm³/mol. The predicted octanol–water partition coefficient (Wildman–Crippen LogP) is 4.32. The van der Waals surface area contributed by atoms with E-state index in [1.165, 1.54) is 16.9 Å². The van der Waals surface area contributed by atoms with Crippen molar-refractivity contribution in [2.45, 2.75) is 38.0 Å². The molecule has 8 heteroatoms. The first kappa shape index (κ1) is 24.4. The number of amides is 1. The molecule has 6 nitrogen and oxygen atoms in total. The van der Waals surface area contributed by atoms with Crippen LogP contribution in [0.4, 0.5) is 5.13 Å². The number of rotatable bonds is 10. The van der Waals surface area contributed by atoms with E-state index in [9.17, 15) is 13.2 Å². The summed E-state index contributed by atoms with van der Waals surface area (Å²) in [5, 5.41) is 0.629. The van der Waals surface area contributed by atoms with E-state index < -0.39 is 9.84 Å². The van der Waals surface area contributed by atoms with E-state index >= 15 is 0 Å². The molecule has 0 fully saturated rings. The van der Waals surface area contributed by atoms with Gasteiger partial charge in [0.25, 0.3) is 0 Å². The number of thiazole rings is 1. The monoisotopic (exact) mass is 473 g/mol. The van der Waals surface area contributed by atoms with E-state index in [-0.39, 0.29) is 23.0 Å². The van der Waals surface area contributed by atoms with E-state index in [1.54, 1.807) is 29.2 Å². The highest BCUT2D eigenvalue weighted by atomic mass is 32.2. The Hall–Kier alpha value is -2.29. The zero-order valence-corrected chi connectivity index (χ0v) is 20.8.